The van der Waals surface area contributed by atoms with E-state index in [0.717, 1.165) is 36.6 Å². The highest BCUT2D eigenvalue weighted by Crippen LogP contribution is 2.17. The smallest absolute Gasteiger partial charge is 0.195 e. The van der Waals surface area contributed by atoms with Crippen molar-refractivity contribution in [3.05, 3.63) is 48.4 Å². The number of aliphatic imine (C=N–C) groups is 1. The highest BCUT2D eigenvalue weighted by Gasteiger charge is 2.02. The molecule has 25 heavy (non-hydrogen) atoms. The molecule has 0 saturated heterocycles. The van der Waals surface area contributed by atoms with E-state index in [9.17, 15) is 0 Å². The molecule has 0 fully saturated rings. The van der Waals surface area contributed by atoms with Gasteiger partial charge in [0.2, 0.25) is 0 Å². The molecule has 1 heterocycles. The number of anilines is 1. The van der Waals surface area contributed by atoms with Gasteiger partial charge in [-0.25, -0.2) is 0 Å². The van der Waals surface area contributed by atoms with Gasteiger partial charge in [0.1, 0.15) is 11.5 Å². The molecule has 1 aromatic heterocycles. The number of furan rings is 1. The highest BCUT2D eigenvalue weighted by molar-refractivity contribution is 14.0. The van der Waals surface area contributed by atoms with Crippen LogP contribution in [0.5, 0.6) is 5.75 Å². The predicted octanol–water partition coefficient (Wildman–Crippen LogP) is 3.54. The van der Waals surface area contributed by atoms with E-state index < -0.39 is 0 Å². The third-order valence-corrected chi connectivity index (χ3v) is 3.33. The molecule has 2 rings (SSSR count). The lowest BCUT2D eigenvalue weighted by Gasteiger charge is -2.13. The number of benzene rings is 1. The van der Waals surface area contributed by atoms with E-state index in [0.29, 0.717) is 19.2 Å². The number of hydrogen-bond acceptors (Lipinski definition) is 4. The average molecular weight is 459 g/mol. The van der Waals surface area contributed by atoms with E-state index in [-0.39, 0.29) is 24.0 Å². The molecule has 0 amide bonds. The second kappa shape index (κ2) is 12.6. The minimum Gasteiger partial charge on any atom is -0.493 e. The Balaban J connectivity index is 0.00000312. The minimum atomic E-state index is 0. The van der Waals surface area contributed by atoms with Crippen molar-refractivity contribution in [3.8, 4) is 5.75 Å². The summed E-state index contributed by atoms with van der Waals surface area (Å²) in [5.41, 5.74) is 0.922. The summed E-state index contributed by atoms with van der Waals surface area (Å²) in [6, 6.07) is 11.7. The van der Waals surface area contributed by atoms with Gasteiger partial charge in [-0.05, 0) is 24.3 Å². The zero-order valence-electron chi connectivity index (χ0n) is 14.7. The Morgan fingerprint density at radius 2 is 2.08 bits per heavy atom. The van der Waals surface area contributed by atoms with Gasteiger partial charge in [0, 0.05) is 51.9 Å². The fraction of sp³-hybridized carbons (Fsp3) is 0.389. The summed E-state index contributed by atoms with van der Waals surface area (Å²) in [6.07, 6.45) is 3.35. The maximum atomic E-state index is 5.70. The molecule has 2 N–H and O–H groups in total. The Hall–Kier alpha value is -1.74. The first kappa shape index (κ1) is 21.3. The molecule has 0 saturated carbocycles. The van der Waals surface area contributed by atoms with Gasteiger partial charge in [-0.2, -0.15) is 0 Å². The van der Waals surface area contributed by atoms with Crippen LogP contribution in [-0.4, -0.2) is 39.9 Å². The van der Waals surface area contributed by atoms with Crippen LogP contribution in [-0.2, 0) is 11.2 Å². The molecule has 138 valence electrons. The summed E-state index contributed by atoms with van der Waals surface area (Å²) in [5.74, 6) is 2.48. The number of halogens is 1. The van der Waals surface area contributed by atoms with E-state index in [1.807, 2.05) is 36.4 Å². The van der Waals surface area contributed by atoms with Crippen LogP contribution in [0.15, 0.2) is 52.1 Å². The van der Waals surface area contributed by atoms with Gasteiger partial charge >= 0.3 is 0 Å². The standard InChI is InChI=1S/C18H25N3O3.HI/c1-19-18(20-10-9-16-8-4-12-23-16)21-15-6-3-7-17(14-15)24-13-5-11-22-2;/h3-4,6-8,12,14H,5,9-11,13H2,1-2H3,(H2,19,20,21);1H. The summed E-state index contributed by atoms with van der Waals surface area (Å²) in [6.45, 7) is 2.07. The maximum Gasteiger partial charge on any atom is 0.195 e. The zero-order valence-corrected chi connectivity index (χ0v) is 17.0. The van der Waals surface area contributed by atoms with E-state index in [4.69, 9.17) is 13.9 Å². The van der Waals surface area contributed by atoms with Crippen LogP contribution < -0.4 is 15.4 Å². The molecular weight excluding hydrogens is 433 g/mol. The topological polar surface area (TPSA) is 68.0 Å². The fourth-order valence-corrected chi connectivity index (χ4v) is 2.13. The number of rotatable bonds is 9. The zero-order chi connectivity index (χ0) is 17.0. The lowest BCUT2D eigenvalue weighted by Crippen LogP contribution is -2.32. The minimum absolute atomic E-state index is 0. The third kappa shape index (κ3) is 8.26. The maximum absolute atomic E-state index is 5.70. The molecule has 6 nitrogen and oxygen atoms in total. The summed E-state index contributed by atoms with van der Waals surface area (Å²) < 4.78 is 16.0. The van der Waals surface area contributed by atoms with Crippen LogP contribution in [0.25, 0.3) is 0 Å². The second-order valence-electron chi connectivity index (χ2n) is 5.18. The van der Waals surface area contributed by atoms with Crippen molar-refractivity contribution in [1.29, 1.82) is 0 Å². The molecule has 0 radical (unpaired) electrons. The average Bonchev–Trinajstić information content (AvgIpc) is 3.12. The van der Waals surface area contributed by atoms with Gasteiger partial charge in [-0.15, -0.1) is 24.0 Å². The van der Waals surface area contributed by atoms with Crippen LogP contribution >= 0.6 is 24.0 Å². The molecule has 0 aliphatic carbocycles. The van der Waals surface area contributed by atoms with E-state index in [1.165, 1.54) is 0 Å². The first-order valence-corrected chi connectivity index (χ1v) is 8.03. The Morgan fingerprint density at radius 3 is 2.80 bits per heavy atom. The highest BCUT2D eigenvalue weighted by atomic mass is 127. The predicted molar refractivity (Wildman–Crippen MR) is 111 cm³/mol. The van der Waals surface area contributed by atoms with Crippen LogP contribution in [0.4, 0.5) is 5.69 Å². The normalized spacial score (nSPS) is 10.9. The van der Waals surface area contributed by atoms with Gasteiger partial charge < -0.3 is 24.5 Å². The monoisotopic (exact) mass is 459 g/mol. The summed E-state index contributed by atoms with van der Waals surface area (Å²) in [5, 5.41) is 6.51. The number of guanidine groups is 1. The van der Waals surface area contributed by atoms with Crippen LogP contribution in [0.1, 0.15) is 12.2 Å². The van der Waals surface area contributed by atoms with Crippen molar-refractivity contribution in [3.63, 3.8) is 0 Å². The number of hydrogen-bond donors (Lipinski definition) is 2. The molecule has 0 aliphatic rings. The molecule has 0 bridgehead atoms. The second-order valence-corrected chi connectivity index (χ2v) is 5.18. The Morgan fingerprint density at radius 1 is 1.20 bits per heavy atom. The number of methoxy groups -OCH3 is 1. The lowest BCUT2D eigenvalue weighted by molar-refractivity contribution is 0.172. The SMILES string of the molecule is CN=C(NCCc1ccco1)Nc1cccc(OCCCOC)c1.I. The Labute approximate surface area is 166 Å². The lowest BCUT2D eigenvalue weighted by atomic mass is 10.3. The van der Waals surface area contributed by atoms with Crippen molar-refractivity contribution in [1.82, 2.24) is 5.32 Å². The molecule has 0 unspecified atom stereocenters. The largest absolute Gasteiger partial charge is 0.493 e. The molecule has 2 aromatic rings. The van der Waals surface area contributed by atoms with Gasteiger partial charge in [0.05, 0.1) is 12.9 Å². The van der Waals surface area contributed by atoms with Crippen molar-refractivity contribution >= 4 is 35.6 Å². The Kier molecular flexibility index (Phi) is 10.7. The molecule has 1 aromatic carbocycles. The molecule has 0 aliphatic heterocycles. The van der Waals surface area contributed by atoms with E-state index in [1.54, 1.807) is 20.4 Å². The Bertz CT molecular complexity index is 618. The van der Waals surface area contributed by atoms with Crippen molar-refractivity contribution in [2.24, 2.45) is 4.99 Å². The van der Waals surface area contributed by atoms with Crippen molar-refractivity contribution in [2.45, 2.75) is 12.8 Å². The van der Waals surface area contributed by atoms with Gasteiger partial charge in [0.15, 0.2) is 5.96 Å². The quantitative estimate of drug-likeness (QED) is 0.260. The summed E-state index contributed by atoms with van der Waals surface area (Å²) in [7, 11) is 3.43. The number of nitrogens with one attached hydrogen (secondary N) is 2. The van der Waals surface area contributed by atoms with E-state index >= 15 is 0 Å². The number of nitrogens with zero attached hydrogens (tertiary/aromatic N) is 1. The van der Waals surface area contributed by atoms with Crippen LogP contribution in [0.2, 0.25) is 0 Å². The fourth-order valence-electron chi connectivity index (χ4n) is 2.13. The third-order valence-electron chi connectivity index (χ3n) is 3.33. The van der Waals surface area contributed by atoms with Crippen LogP contribution in [0.3, 0.4) is 0 Å². The molecule has 0 atom stereocenters. The van der Waals surface area contributed by atoms with Gasteiger partial charge in [-0.3, -0.25) is 4.99 Å². The molecule has 0 spiro atoms. The first-order valence-electron chi connectivity index (χ1n) is 8.03. The molecule has 7 heteroatoms. The first-order chi connectivity index (χ1) is 11.8. The van der Waals surface area contributed by atoms with Crippen molar-refractivity contribution in [2.75, 3.05) is 39.2 Å². The number of ether oxygens (including phenoxy) is 2. The van der Waals surface area contributed by atoms with Crippen molar-refractivity contribution < 1.29 is 13.9 Å². The molecular formula is C18H26IN3O3. The summed E-state index contributed by atoms with van der Waals surface area (Å²) >= 11 is 0. The van der Waals surface area contributed by atoms with Gasteiger partial charge in [0.25, 0.3) is 0 Å². The summed E-state index contributed by atoms with van der Waals surface area (Å²) in [4.78, 5) is 4.22. The van der Waals surface area contributed by atoms with E-state index in [2.05, 4.69) is 15.6 Å². The van der Waals surface area contributed by atoms with Crippen LogP contribution in [0, 0.1) is 0 Å². The van der Waals surface area contributed by atoms with Gasteiger partial charge in [-0.1, -0.05) is 6.07 Å².